The van der Waals surface area contributed by atoms with Gasteiger partial charge in [0.1, 0.15) is 0 Å². The van der Waals surface area contributed by atoms with Crippen LogP contribution in [0.1, 0.15) is 121 Å². The largest absolute Gasteiger partial charge is 0.184 e. The molecular formula is C47H61Cl2Zr-3. The molecule has 3 aromatic carbocycles. The molecule has 6 aliphatic rings. The summed E-state index contributed by atoms with van der Waals surface area (Å²) in [6, 6.07) is 23.4. The summed E-state index contributed by atoms with van der Waals surface area (Å²) in [6.45, 7) is 23.1. The Labute approximate surface area is 333 Å². The second-order valence-corrected chi connectivity index (χ2v) is 17.6. The fraction of sp³-hybridized carbons (Fsp3) is 0.511. The van der Waals surface area contributed by atoms with Gasteiger partial charge in [0.25, 0.3) is 0 Å². The number of aryl methyl sites for hydroxylation is 2. The number of hydrogen-bond donors (Lipinski definition) is 0. The second kappa shape index (κ2) is 17.1. The van der Waals surface area contributed by atoms with E-state index in [1.165, 1.54) is 94.4 Å². The van der Waals surface area contributed by atoms with Gasteiger partial charge in [0.15, 0.2) is 0 Å². The van der Waals surface area contributed by atoms with Crippen LogP contribution in [-0.4, -0.2) is 4.21 Å². The summed E-state index contributed by atoms with van der Waals surface area (Å²) in [5, 5.41) is 0. The molecule has 270 valence electrons. The van der Waals surface area contributed by atoms with Crippen molar-refractivity contribution in [1.29, 1.82) is 0 Å². The molecule has 0 N–H and O–H groups in total. The van der Waals surface area contributed by atoms with Crippen molar-refractivity contribution >= 4 is 29.0 Å². The van der Waals surface area contributed by atoms with Crippen molar-refractivity contribution in [3.63, 3.8) is 0 Å². The van der Waals surface area contributed by atoms with Crippen molar-refractivity contribution in [3.8, 4) is 11.1 Å². The van der Waals surface area contributed by atoms with Gasteiger partial charge >= 0.3 is 28.4 Å². The van der Waals surface area contributed by atoms with Crippen LogP contribution in [0.5, 0.6) is 0 Å². The van der Waals surface area contributed by atoms with E-state index >= 15 is 0 Å². The molecule has 3 aromatic rings. The standard InChI is InChI=1S/C23H29.C17H23.C6H5.CH2.2ClH.Zr/c1-14-9-16-11-17-10-15(2)21(23(6,7)8)13-19(17)18(16)12-20(14)22(3,4)5;1-11-3-4-14(5-11)17(2)15-7-12-6-13(9-15)10-16(17)8-12;1-2-4-6-5-3-1;;;;/h9,12-13H,11H2,1-8H3;4-5,11-13,15-16H,6-10H2,1-2H3;1-5H;1H2;2*1H;/q3*-1;;;;. The molecule has 4 saturated carbocycles. The van der Waals surface area contributed by atoms with E-state index in [0.717, 1.165) is 30.1 Å². The SMILES string of the molecule is CC1[C-]=CC(C2(C)C3CC4CC(C3)CC2C4)=C1.Cc1[c-]c2c(cc1C(C)(C)C)-c1cc(C(C)(C)C)c(C)cc1C2.Cl.Cl.[CH2]=[Zr].[c-]1ccccc1. The van der Waals surface area contributed by atoms with Gasteiger partial charge < -0.3 is 0 Å². The summed E-state index contributed by atoms with van der Waals surface area (Å²) in [4.78, 5) is 0. The van der Waals surface area contributed by atoms with Gasteiger partial charge in [-0.05, 0) is 91.2 Å². The maximum Gasteiger partial charge on any atom is -0.171 e. The molecule has 0 heterocycles. The summed E-state index contributed by atoms with van der Waals surface area (Å²) in [5.41, 5.74) is 13.8. The zero-order chi connectivity index (χ0) is 35.0. The molecule has 9 rings (SSSR count). The van der Waals surface area contributed by atoms with E-state index in [9.17, 15) is 0 Å². The van der Waals surface area contributed by atoms with E-state index in [0.29, 0.717) is 11.3 Å². The van der Waals surface area contributed by atoms with Crippen LogP contribution in [-0.2, 0) is 41.5 Å². The molecule has 1 atom stereocenters. The zero-order valence-corrected chi connectivity index (χ0v) is 36.5. The first-order valence-electron chi connectivity index (χ1n) is 18.4. The number of benzene rings is 3. The topological polar surface area (TPSA) is 0 Å². The van der Waals surface area contributed by atoms with Crippen LogP contribution in [0.4, 0.5) is 0 Å². The van der Waals surface area contributed by atoms with Crippen LogP contribution in [0.2, 0.25) is 0 Å². The minimum atomic E-state index is 0. The van der Waals surface area contributed by atoms with Crippen molar-refractivity contribution in [1.82, 2.24) is 0 Å². The van der Waals surface area contributed by atoms with E-state index in [2.05, 4.69) is 122 Å². The average molecular weight is 788 g/mol. The Morgan fingerprint density at radius 2 is 1.30 bits per heavy atom. The van der Waals surface area contributed by atoms with Crippen LogP contribution in [0.25, 0.3) is 11.1 Å². The monoisotopic (exact) mass is 785 g/mol. The molecule has 4 bridgehead atoms. The van der Waals surface area contributed by atoms with Crippen molar-refractivity contribution in [2.24, 2.45) is 35.0 Å². The Morgan fingerprint density at radius 3 is 1.74 bits per heavy atom. The number of fused-ring (bicyclic) bond motifs is 3. The first-order valence-corrected chi connectivity index (χ1v) is 20.2. The predicted octanol–water partition coefficient (Wildman–Crippen LogP) is 12.9. The number of allylic oxidation sites excluding steroid dienone is 4. The molecule has 1 unspecified atom stereocenters. The van der Waals surface area contributed by atoms with E-state index in [4.69, 9.17) is 0 Å². The smallest absolute Gasteiger partial charge is 0.171 e. The Morgan fingerprint density at radius 1 is 0.760 bits per heavy atom. The van der Waals surface area contributed by atoms with Crippen LogP contribution in [0, 0.1) is 67.1 Å². The molecule has 0 amide bonds. The Hall–Kier alpha value is -1.53. The summed E-state index contributed by atoms with van der Waals surface area (Å²) >= 11 is 1.30. The maximum absolute atomic E-state index is 3.69. The predicted molar refractivity (Wildman–Crippen MR) is 218 cm³/mol. The van der Waals surface area contributed by atoms with Gasteiger partial charge in [0.05, 0.1) is 0 Å². The number of hydrogen-bond acceptors (Lipinski definition) is 0. The van der Waals surface area contributed by atoms with Crippen LogP contribution < -0.4 is 0 Å². The fourth-order valence-electron chi connectivity index (χ4n) is 9.92. The first kappa shape index (κ1) is 42.9. The molecule has 0 spiro atoms. The van der Waals surface area contributed by atoms with E-state index < -0.39 is 0 Å². The van der Waals surface area contributed by atoms with Gasteiger partial charge in [0, 0.05) is 0 Å². The summed E-state index contributed by atoms with van der Waals surface area (Å²) < 4.78 is 3.34. The summed E-state index contributed by atoms with van der Waals surface area (Å²) in [5.74, 6) is 4.68. The molecule has 0 aromatic heterocycles. The molecule has 6 aliphatic carbocycles. The van der Waals surface area contributed by atoms with Crippen LogP contribution in [0.15, 0.2) is 66.3 Å². The van der Waals surface area contributed by atoms with Gasteiger partial charge in [0.2, 0.25) is 0 Å². The van der Waals surface area contributed by atoms with Gasteiger partial charge in [-0.2, -0.15) is 65.7 Å². The minimum Gasteiger partial charge on any atom is -0.184 e. The van der Waals surface area contributed by atoms with Crippen LogP contribution in [0.3, 0.4) is 0 Å². The molecule has 50 heavy (non-hydrogen) atoms. The van der Waals surface area contributed by atoms with Crippen molar-refractivity contribution in [3.05, 3.63) is 118 Å². The Bertz CT molecular complexity index is 1530. The van der Waals surface area contributed by atoms with E-state index in [1.807, 2.05) is 30.3 Å². The molecule has 3 heteroatoms. The normalized spacial score (nSPS) is 26.3. The maximum atomic E-state index is 3.69. The Kier molecular flexibility index (Phi) is 14.7. The molecule has 0 saturated heterocycles. The molecule has 0 nitrogen and oxygen atoms in total. The fourth-order valence-corrected chi connectivity index (χ4v) is 9.92. The number of halogens is 2. The van der Waals surface area contributed by atoms with Gasteiger partial charge in [-0.3, -0.25) is 6.08 Å². The second-order valence-electron chi connectivity index (χ2n) is 17.6. The zero-order valence-electron chi connectivity index (χ0n) is 32.4. The first-order chi connectivity index (χ1) is 22.6. The third kappa shape index (κ3) is 8.98. The number of rotatable bonds is 1. The van der Waals surface area contributed by atoms with E-state index in [-0.39, 0.29) is 35.6 Å². The third-order valence-electron chi connectivity index (χ3n) is 12.1. The minimum absolute atomic E-state index is 0. The molecule has 0 radical (unpaired) electrons. The summed E-state index contributed by atoms with van der Waals surface area (Å²) in [7, 11) is 0. The molecule has 0 aliphatic heterocycles. The molecule has 4 fully saturated rings. The van der Waals surface area contributed by atoms with Crippen molar-refractivity contribution in [2.45, 2.75) is 119 Å². The van der Waals surface area contributed by atoms with E-state index in [1.54, 1.807) is 12.0 Å². The van der Waals surface area contributed by atoms with Crippen LogP contribution >= 0.6 is 24.8 Å². The quantitative estimate of drug-likeness (QED) is 0.169. The van der Waals surface area contributed by atoms with Gasteiger partial charge in [-0.25, -0.2) is 6.08 Å². The summed E-state index contributed by atoms with van der Waals surface area (Å²) in [6.07, 6.45) is 17.0. The van der Waals surface area contributed by atoms with Crippen molar-refractivity contribution < 1.29 is 24.2 Å². The Balaban J connectivity index is 0.000000220. The molecular weight excluding hydrogens is 727 g/mol. The average Bonchev–Trinajstić information content (AvgIpc) is 3.62. The van der Waals surface area contributed by atoms with Gasteiger partial charge in [-0.15, -0.1) is 41.5 Å². The third-order valence-corrected chi connectivity index (χ3v) is 12.1. The van der Waals surface area contributed by atoms with Gasteiger partial charge in [-0.1, -0.05) is 96.8 Å². The van der Waals surface area contributed by atoms with Crippen molar-refractivity contribution in [2.75, 3.05) is 0 Å².